The number of nitrogens with zero attached hydrogens (tertiary/aromatic N) is 5. The van der Waals surface area contributed by atoms with Gasteiger partial charge in [-0.05, 0) is 62.3 Å². The molecule has 0 unspecified atom stereocenters. The summed E-state index contributed by atoms with van der Waals surface area (Å²) in [6.07, 6.45) is 8.23. The van der Waals surface area contributed by atoms with Crippen LogP contribution in [0.5, 0.6) is 0 Å². The minimum Gasteiger partial charge on any atom is -0.370 e. The summed E-state index contributed by atoms with van der Waals surface area (Å²) >= 11 is 0. The summed E-state index contributed by atoms with van der Waals surface area (Å²) in [5.41, 5.74) is 0.223. The Hall–Kier alpha value is -3.04. The van der Waals surface area contributed by atoms with Crippen molar-refractivity contribution in [2.75, 3.05) is 17.2 Å². The molecule has 0 spiro atoms. The van der Waals surface area contributed by atoms with Crippen LogP contribution in [-0.2, 0) is 0 Å². The Morgan fingerprint density at radius 3 is 2.62 bits per heavy atom. The molecule has 8 nitrogen and oxygen atoms in total. The molecule has 3 aromatic rings. The summed E-state index contributed by atoms with van der Waals surface area (Å²) in [7, 11) is 0. The van der Waals surface area contributed by atoms with Crippen molar-refractivity contribution in [3.8, 4) is 0 Å². The van der Waals surface area contributed by atoms with Crippen molar-refractivity contribution in [3.05, 3.63) is 35.9 Å². The monoisotopic (exact) mass is 471 g/mol. The van der Waals surface area contributed by atoms with Crippen LogP contribution in [-0.4, -0.2) is 36.8 Å². The number of carbonyl (C=O) groups excluding carboxylic acids is 1. The van der Waals surface area contributed by atoms with E-state index in [0.717, 1.165) is 32.2 Å². The van der Waals surface area contributed by atoms with E-state index < -0.39 is 18.0 Å². The van der Waals surface area contributed by atoms with E-state index in [-0.39, 0.29) is 17.3 Å². The molecule has 3 heterocycles. The van der Waals surface area contributed by atoms with Gasteiger partial charge < -0.3 is 10.6 Å². The van der Waals surface area contributed by atoms with Gasteiger partial charge in [-0.15, -0.1) is 0 Å². The normalized spacial score (nSPS) is 20.9. The van der Waals surface area contributed by atoms with Gasteiger partial charge in [0.1, 0.15) is 11.4 Å². The van der Waals surface area contributed by atoms with Crippen LogP contribution in [0, 0.1) is 17.8 Å². The van der Waals surface area contributed by atoms with E-state index in [0.29, 0.717) is 29.2 Å². The molecule has 1 amide bonds. The second-order valence-electron chi connectivity index (χ2n) is 9.94. The Labute approximate surface area is 197 Å². The molecule has 0 atom stereocenters. The molecule has 0 aliphatic heterocycles. The number of carbonyl (C=O) groups is 1. The minimum atomic E-state index is -2.79. The SMILES string of the molecule is CC(C)[C@H]1CC[C@H](n2cc(NC(=O)c3cnn4ccc(NCC5CC5)nc34)c(C(F)F)n2)CC1. The number of fused-ring (bicyclic) bond motifs is 1. The van der Waals surface area contributed by atoms with Gasteiger partial charge in [-0.25, -0.2) is 18.3 Å². The van der Waals surface area contributed by atoms with Crippen LogP contribution in [0.15, 0.2) is 24.7 Å². The molecule has 0 bridgehead atoms. The van der Waals surface area contributed by atoms with Crippen LogP contribution in [0.2, 0.25) is 0 Å². The molecule has 2 aliphatic carbocycles. The van der Waals surface area contributed by atoms with Crippen molar-refractivity contribution in [2.45, 2.75) is 64.8 Å². The smallest absolute Gasteiger partial charge is 0.284 e. The first-order valence-corrected chi connectivity index (χ1v) is 12.2. The summed E-state index contributed by atoms with van der Waals surface area (Å²) in [5.74, 6) is 2.08. The zero-order chi connectivity index (χ0) is 23.8. The van der Waals surface area contributed by atoms with E-state index in [2.05, 4.69) is 39.7 Å². The molecule has 0 radical (unpaired) electrons. The van der Waals surface area contributed by atoms with Gasteiger partial charge in [-0.3, -0.25) is 9.48 Å². The van der Waals surface area contributed by atoms with Crippen molar-refractivity contribution in [1.29, 1.82) is 0 Å². The number of aromatic nitrogens is 5. The van der Waals surface area contributed by atoms with Gasteiger partial charge in [0.05, 0.1) is 17.9 Å². The average molecular weight is 472 g/mol. The van der Waals surface area contributed by atoms with Crippen LogP contribution in [0.1, 0.15) is 80.9 Å². The third-order valence-corrected chi connectivity index (χ3v) is 7.16. The summed E-state index contributed by atoms with van der Waals surface area (Å²) in [4.78, 5) is 17.6. The van der Waals surface area contributed by atoms with Gasteiger partial charge in [0.25, 0.3) is 12.3 Å². The van der Waals surface area contributed by atoms with Crippen molar-refractivity contribution in [3.63, 3.8) is 0 Å². The topological polar surface area (TPSA) is 89.1 Å². The molecule has 2 aliphatic rings. The summed E-state index contributed by atoms with van der Waals surface area (Å²) < 4.78 is 30.6. The molecule has 5 rings (SSSR count). The Balaban J connectivity index is 1.34. The van der Waals surface area contributed by atoms with Gasteiger partial charge >= 0.3 is 0 Å². The number of rotatable bonds is 8. The highest BCUT2D eigenvalue weighted by atomic mass is 19.3. The number of amides is 1. The lowest BCUT2D eigenvalue weighted by Gasteiger charge is -2.30. The Morgan fingerprint density at radius 1 is 1.18 bits per heavy atom. The van der Waals surface area contributed by atoms with Gasteiger partial charge in [-0.1, -0.05) is 13.8 Å². The van der Waals surface area contributed by atoms with E-state index in [1.165, 1.54) is 23.6 Å². The highest BCUT2D eigenvalue weighted by Crippen LogP contribution is 2.37. The maximum Gasteiger partial charge on any atom is 0.284 e. The van der Waals surface area contributed by atoms with E-state index in [1.54, 1.807) is 23.1 Å². The minimum absolute atomic E-state index is 0.0355. The number of nitrogens with one attached hydrogen (secondary N) is 2. The number of hydrogen-bond donors (Lipinski definition) is 2. The second kappa shape index (κ2) is 9.31. The van der Waals surface area contributed by atoms with Crippen LogP contribution >= 0.6 is 0 Å². The zero-order valence-corrected chi connectivity index (χ0v) is 19.5. The first kappa shape index (κ1) is 22.7. The molecule has 0 aromatic carbocycles. The standard InChI is InChI=1S/C24H31F2N7O/c1-14(2)16-5-7-17(8-6-16)33-13-19(21(31-33)22(25)26)29-24(34)18-12-28-32-10-9-20(30-23(18)32)27-11-15-3-4-15/h9-10,12-17,22H,3-8,11H2,1-2H3,(H,27,30)(H,29,34)/t16-,17-. The molecule has 0 saturated heterocycles. The Kier molecular flexibility index (Phi) is 6.22. The number of anilines is 2. The van der Waals surface area contributed by atoms with Crippen molar-refractivity contribution < 1.29 is 13.6 Å². The highest BCUT2D eigenvalue weighted by molar-refractivity contribution is 6.08. The molecule has 3 aromatic heterocycles. The van der Waals surface area contributed by atoms with E-state index >= 15 is 0 Å². The van der Waals surface area contributed by atoms with Crippen molar-refractivity contribution in [1.82, 2.24) is 24.4 Å². The first-order chi connectivity index (χ1) is 16.4. The molecular weight excluding hydrogens is 440 g/mol. The number of alkyl halides is 2. The predicted molar refractivity (Wildman–Crippen MR) is 125 cm³/mol. The Morgan fingerprint density at radius 2 is 1.94 bits per heavy atom. The maximum atomic E-state index is 13.8. The lowest BCUT2D eigenvalue weighted by atomic mass is 9.80. The summed E-state index contributed by atoms with van der Waals surface area (Å²) in [6, 6.07) is 1.87. The zero-order valence-electron chi connectivity index (χ0n) is 19.5. The number of halogens is 2. The van der Waals surface area contributed by atoms with Gasteiger partial charge in [0.15, 0.2) is 11.3 Å². The molecule has 34 heavy (non-hydrogen) atoms. The van der Waals surface area contributed by atoms with Crippen LogP contribution < -0.4 is 10.6 Å². The lowest BCUT2D eigenvalue weighted by molar-refractivity contribution is 0.102. The average Bonchev–Trinajstić information content (AvgIpc) is 3.40. The fraction of sp³-hybridized carbons (Fsp3) is 0.583. The van der Waals surface area contributed by atoms with Gasteiger partial charge in [-0.2, -0.15) is 10.2 Å². The lowest BCUT2D eigenvalue weighted by Crippen LogP contribution is -2.21. The molecule has 2 saturated carbocycles. The maximum absolute atomic E-state index is 13.8. The summed E-state index contributed by atoms with van der Waals surface area (Å²) in [6.45, 7) is 5.29. The van der Waals surface area contributed by atoms with Crippen molar-refractivity contribution >= 4 is 23.1 Å². The van der Waals surface area contributed by atoms with Crippen molar-refractivity contribution in [2.24, 2.45) is 17.8 Å². The molecule has 10 heteroatoms. The fourth-order valence-corrected chi connectivity index (χ4v) is 4.77. The molecule has 2 fully saturated rings. The predicted octanol–water partition coefficient (Wildman–Crippen LogP) is 5.32. The van der Waals surface area contributed by atoms with Gasteiger partial charge in [0.2, 0.25) is 0 Å². The van der Waals surface area contributed by atoms with E-state index in [4.69, 9.17) is 0 Å². The third kappa shape index (κ3) is 4.76. The quantitative estimate of drug-likeness (QED) is 0.464. The third-order valence-electron chi connectivity index (χ3n) is 7.16. The largest absolute Gasteiger partial charge is 0.370 e. The van der Waals surface area contributed by atoms with Gasteiger partial charge in [0, 0.05) is 18.9 Å². The summed E-state index contributed by atoms with van der Waals surface area (Å²) in [5, 5.41) is 14.3. The van der Waals surface area contributed by atoms with E-state index in [1.807, 2.05) is 0 Å². The Bertz CT molecular complexity index is 1160. The van der Waals surface area contributed by atoms with E-state index in [9.17, 15) is 13.6 Å². The highest BCUT2D eigenvalue weighted by Gasteiger charge is 2.28. The molecule has 182 valence electrons. The molecular formula is C24H31F2N7O. The molecule has 2 N–H and O–H groups in total. The fourth-order valence-electron chi connectivity index (χ4n) is 4.77. The van der Waals surface area contributed by atoms with Crippen LogP contribution in [0.3, 0.4) is 0 Å². The van der Waals surface area contributed by atoms with Crippen LogP contribution in [0.25, 0.3) is 5.65 Å². The van der Waals surface area contributed by atoms with Crippen LogP contribution in [0.4, 0.5) is 20.3 Å². The first-order valence-electron chi connectivity index (χ1n) is 12.2. The second-order valence-corrected chi connectivity index (χ2v) is 9.94. The number of hydrogen-bond acceptors (Lipinski definition) is 5.